The Morgan fingerprint density at radius 3 is 2.50 bits per heavy atom. The van der Waals surface area contributed by atoms with Gasteiger partial charge in [0.05, 0.1) is 6.61 Å². The van der Waals surface area contributed by atoms with E-state index in [0.29, 0.717) is 6.61 Å². The fourth-order valence-electron chi connectivity index (χ4n) is 2.30. The molecule has 1 rings (SSSR count). The van der Waals surface area contributed by atoms with Gasteiger partial charge in [0.2, 0.25) is 0 Å². The summed E-state index contributed by atoms with van der Waals surface area (Å²) in [5, 5.41) is 3.39. The number of nitrogens with one attached hydrogen (secondary N) is 1. The molecule has 0 aliphatic carbocycles. The number of likely N-dealkylation sites (tertiary alicyclic amines) is 1. The fraction of sp³-hybridized carbons (Fsp3) is 0.923. The highest BCUT2D eigenvalue weighted by atomic mass is 35.5. The van der Waals surface area contributed by atoms with E-state index in [1.54, 1.807) is 0 Å². The molecule has 0 aromatic rings. The van der Waals surface area contributed by atoms with Crippen molar-refractivity contribution in [2.45, 2.75) is 39.7 Å². The Labute approximate surface area is 117 Å². The van der Waals surface area contributed by atoms with Crippen LogP contribution in [-0.4, -0.2) is 49.7 Å². The van der Waals surface area contributed by atoms with Crippen molar-refractivity contribution in [3.8, 4) is 0 Å². The minimum absolute atomic E-state index is 0. The van der Waals surface area contributed by atoms with E-state index in [-0.39, 0.29) is 24.4 Å². The quantitative estimate of drug-likeness (QED) is 0.751. The molecular weight excluding hydrogens is 252 g/mol. The molecule has 18 heavy (non-hydrogen) atoms. The molecule has 4 nitrogen and oxygen atoms in total. The number of ether oxygens (including phenoxy) is 1. The average molecular weight is 279 g/mol. The predicted molar refractivity (Wildman–Crippen MR) is 76.2 cm³/mol. The molecule has 108 valence electrons. The van der Waals surface area contributed by atoms with Crippen LogP contribution < -0.4 is 5.32 Å². The normalized spacial score (nSPS) is 19.1. The van der Waals surface area contributed by atoms with Crippen LogP contribution >= 0.6 is 12.4 Å². The molecule has 0 spiro atoms. The molecule has 0 radical (unpaired) electrons. The second kappa shape index (κ2) is 9.59. The summed E-state index contributed by atoms with van der Waals surface area (Å²) >= 11 is 0. The zero-order valence-electron chi connectivity index (χ0n) is 11.8. The summed E-state index contributed by atoms with van der Waals surface area (Å²) in [6.07, 6.45) is 2.35. The number of rotatable bonds is 6. The first kappa shape index (κ1) is 17.7. The van der Waals surface area contributed by atoms with Crippen LogP contribution in [0.1, 0.15) is 33.6 Å². The standard InChI is InChI=1S/C13H26N2O2.ClH/c1-4-14-10-12-6-8-15(9-7-12)11(3)13(16)17-5-2;/h11-12,14H,4-10H2,1-3H3;1H. The first-order valence-corrected chi connectivity index (χ1v) is 6.80. The zero-order valence-corrected chi connectivity index (χ0v) is 12.6. The predicted octanol–water partition coefficient (Wildman–Crippen LogP) is 1.68. The lowest BCUT2D eigenvalue weighted by Gasteiger charge is -2.34. The van der Waals surface area contributed by atoms with Gasteiger partial charge in [0.1, 0.15) is 6.04 Å². The lowest BCUT2D eigenvalue weighted by atomic mass is 9.96. The second-order valence-electron chi connectivity index (χ2n) is 4.72. The number of carbonyl (C=O) groups excluding carboxylic acids is 1. The van der Waals surface area contributed by atoms with E-state index in [1.165, 1.54) is 12.8 Å². The van der Waals surface area contributed by atoms with Crippen molar-refractivity contribution in [3.63, 3.8) is 0 Å². The summed E-state index contributed by atoms with van der Waals surface area (Å²) in [7, 11) is 0. The van der Waals surface area contributed by atoms with E-state index >= 15 is 0 Å². The topological polar surface area (TPSA) is 41.6 Å². The Morgan fingerprint density at radius 1 is 1.39 bits per heavy atom. The van der Waals surface area contributed by atoms with Crippen molar-refractivity contribution >= 4 is 18.4 Å². The summed E-state index contributed by atoms with van der Waals surface area (Å²) in [6, 6.07) is -0.0879. The highest BCUT2D eigenvalue weighted by molar-refractivity contribution is 5.85. The Morgan fingerprint density at radius 2 is 2.00 bits per heavy atom. The Hall–Kier alpha value is -0.320. The van der Waals surface area contributed by atoms with Gasteiger partial charge in [-0.2, -0.15) is 0 Å². The number of halogens is 1. The largest absolute Gasteiger partial charge is 0.465 e. The number of carbonyl (C=O) groups is 1. The van der Waals surface area contributed by atoms with E-state index in [2.05, 4.69) is 17.1 Å². The van der Waals surface area contributed by atoms with Crippen molar-refractivity contribution in [1.29, 1.82) is 0 Å². The monoisotopic (exact) mass is 278 g/mol. The molecule has 0 amide bonds. The van der Waals surface area contributed by atoms with Gasteiger partial charge in [-0.25, -0.2) is 0 Å². The molecule has 0 saturated carbocycles. The maximum absolute atomic E-state index is 11.6. The summed E-state index contributed by atoms with van der Waals surface area (Å²) in [5.74, 6) is 0.679. The molecule has 1 N–H and O–H groups in total. The van der Waals surface area contributed by atoms with Crippen molar-refractivity contribution in [1.82, 2.24) is 10.2 Å². The molecule has 1 unspecified atom stereocenters. The van der Waals surface area contributed by atoms with E-state index < -0.39 is 0 Å². The number of esters is 1. The number of hydrogen-bond acceptors (Lipinski definition) is 4. The second-order valence-corrected chi connectivity index (χ2v) is 4.72. The van der Waals surface area contributed by atoms with E-state index in [0.717, 1.165) is 32.1 Å². The Kier molecular flexibility index (Phi) is 9.42. The van der Waals surface area contributed by atoms with Gasteiger partial charge in [-0.05, 0) is 58.8 Å². The lowest BCUT2D eigenvalue weighted by molar-refractivity contribution is -0.149. The third-order valence-electron chi connectivity index (χ3n) is 3.51. The highest BCUT2D eigenvalue weighted by Crippen LogP contribution is 2.18. The summed E-state index contributed by atoms with van der Waals surface area (Å²) in [6.45, 7) is 10.6. The third kappa shape index (κ3) is 5.55. The van der Waals surface area contributed by atoms with Crippen LogP contribution in [0.25, 0.3) is 0 Å². The van der Waals surface area contributed by atoms with Gasteiger partial charge in [-0.15, -0.1) is 12.4 Å². The third-order valence-corrected chi connectivity index (χ3v) is 3.51. The molecule has 0 aromatic heterocycles. The van der Waals surface area contributed by atoms with Gasteiger partial charge in [0.15, 0.2) is 0 Å². The van der Waals surface area contributed by atoms with Crippen LogP contribution in [0, 0.1) is 5.92 Å². The van der Waals surface area contributed by atoms with Gasteiger partial charge < -0.3 is 10.1 Å². The molecule has 1 saturated heterocycles. The van der Waals surface area contributed by atoms with Crippen LogP contribution in [0.5, 0.6) is 0 Å². The van der Waals surface area contributed by atoms with Gasteiger partial charge in [-0.1, -0.05) is 6.92 Å². The van der Waals surface area contributed by atoms with Crippen molar-refractivity contribution in [2.24, 2.45) is 5.92 Å². The smallest absolute Gasteiger partial charge is 0.323 e. The van der Waals surface area contributed by atoms with E-state index in [1.807, 2.05) is 13.8 Å². The van der Waals surface area contributed by atoms with Gasteiger partial charge in [0, 0.05) is 0 Å². The summed E-state index contributed by atoms with van der Waals surface area (Å²) in [4.78, 5) is 13.9. The Balaban J connectivity index is 0.00000289. The SMILES string of the molecule is CCNCC1CCN(C(C)C(=O)OCC)CC1.Cl. The van der Waals surface area contributed by atoms with Crippen molar-refractivity contribution in [2.75, 3.05) is 32.8 Å². The van der Waals surface area contributed by atoms with Crippen LogP contribution in [0.3, 0.4) is 0 Å². The number of piperidine rings is 1. The molecule has 0 bridgehead atoms. The van der Waals surface area contributed by atoms with Crippen molar-refractivity contribution < 1.29 is 9.53 Å². The summed E-state index contributed by atoms with van der Waals surface area (Å²) < 4.78 is 5.06. The maximum Gasteiger partial charge on any atom is 0.323 e. The number of hydrogen-bond donors (Lipinski definition) is 1. The van der Waals surface area contributed by atoms with E-state index in [4.69, 9.17) is 4.74 Å². The average Bonchev–Trinajstić information content (AvgIpc) is 2.36. The molecule has 1 aliphatic heterocycles. The van der Waals surface area contributed by atoms with Crippen LogP contribution in [0.15, 0.2) is 0 Å². The van der Waals surface area contributed by atoms with Gasteiger partial charge in [0.25, 0.3) is 0 Å². The summed E-state index contributed by atoms with van der Waals surface area (Å²) in [5.41, 5.74) is 0. The minimum atomic E-state index is -0.0879. The molecule has 1 atom stereocenters. The number of nitrogens with zero attached hydrogens (tertiary/aromatic N) is 1. The first-order valence-electron chi connectivity index (χ1n) is 6.80. The van der Waals surface area contributed by atoms with Gasteiger partial charge in [-0.3, -0.25) is 9.69 Å². The van der Waals surface area contributed by atoms with Crippen molar-refractivity contribution in [3.05, 3.63) is 0 Å². The van der Waals surface area contributed by atoms with E-state index in [9.17, 15) is 4.79 Å². The molecule has 0 aromatic carbocycles. The molecule has 5 heteroatoms. The van der Waals surface area contributed by atoms with Crippen LogP contribution in [0.2, 0.25) is 0 Å². The maximum atomic E-state index is 11.6. The lowest BCUT2D eigenvalue weighted by Crippen LogP contribution is -2.45. The Bertz CT molecular complexity index is 231. The van der Waals surface area contributed by atoms with Crippen LogP contribution in [0.4, 0.5) is 0 Å². The first-order chi connectivity index (χ1) is 8.19. The van der Waals surface area contributed by atoms with Gasteiger partial charge >= 0.3 is 5.97 Å². The zero-order chi connectivity index (χ0) is 12.7. The highest BCUT2D eigenvalue weighted by Gasteiger charge is 2.26. The molecule has 1 heterocycles. The minimum Gasteiger partial charge on any atom is -0.465 e. The van der Waals surface area contributed by atoms with Crippen LogP contribution in [-0.2, 0) is 9.53 Å². The fourth-order valence-corrected chi connectivity index (χ4v) is 2.30. The molecule has 1 fully saturated rings. The molecule has 1 aliphatic rings. The molecular formula is C13H27ClN2O2.